The minimum absolute atomic E-state index is 0.0441. The molecule has 2 heterocycles. The molecular formula is C12H10N8. The van der Waals surface area contributed by atoms with Crippen molar-refractivity contribution in [3.05, 3.63) is 52.7 Å². The molecule has 0 aliphatic heterocycles. The van der Waals surface area contributed by atoms with E-state index < -0.39 is 0 Å². The van der Waals surface area contributed by atoms with Crippen LogP contribution in [-0.4, -0.2) is 19.9 Å². The summed E-state index contributed by atoms with van der Waals surface area (Å²) in [7, 11) is 0. The molecule has 1 aromatic carbocycles. The molecule has 3 aromatic rings. The summed E-state index contributed by atoms with van der Waals surface area (Å²) >= 11 is 0. The molecule has 0 amide bonds. The van der Waals surface area contributed by atoms with Crippen LogP contribution in [0, 0.1) is 0 Å². The number of fused-ring (bicyclic) bond motifs is 1. The van der Waals surface area contributed by atoms with Gasteiger partial charge in [0.25, 0.3) is 0 Å². The SMILES string of the molecule is [N-]=[N+]=Nc1nc(NCc2ccccc2)c2[nH]cnc2n1. The number of aromatic amines is 1. The summed E-state index contributed by atoms with van der Waals surface area (Å²) in [5.41, 5.74) is 10.7. The van der Waals surface area contributed by atoms with Crippen molar-refractivity contribution in [2.24, 2.45) is 5.11 Å². The van der Waals surface area contributed by atoms with Crippen molar-refractivity contribution in [1.82, 2.24) is 19.9 Å². The lowest BCUT2D eigenvalue weighted by Gasteiger charge is -2.06. The monoisotopic (exact) mass is 266 g/mol. The number of benzene rings is 1. The lowest BCUT2D eigenvalue weighted by molar-refractivity contribution is 1.08. The third-order valence-electron chi connectivity index (χ3n) is 2.71. The lowest BCUT2D eigenvalue weighted by Crippen LogP contribution is -2.02. The Bertz CT molecular complexity index is 773. The maximum Gasteiger partial charge on any atom is 0.220 e. The van der Waals surface area contributed by atoms with Gasteiger partial charge in [-0.1, -0.05) is 30.3 Å². The van der Waals surface area contributed by atoms with Crippen molar-refractivity contribution >= 4 is 22.9 Å². The second kappa shape index (κ2) is 5.25. The predicted octanol–water partition coefficient (Wildman–Crippen LogP) is 2.91. The summed E-state index contributed by atoms with van der Waals surface area (Å²) in [6.07, 6.45) is 1.52. The van der Waals surface area contributed by atoms with Crippen molar-refractivity contribution in [3.63, 3.8) is 0 Å². The number of anilines is 1. The molecule has 0 fully saturated rings. The molecule has 20 heavy (non-hydrogen) atoms. The topological polar surface area (TPSA) is 115 Å². The van der Waals surface area contributed by atoms with E-state index >= 15 is 0 Å². The number of azide groups is 1. The highest BCUT2D eigenvalue weighted by Gasteiger charge is 2.08. The molecule has 0 saturated carbocycles. The Hall–Kier alpha value is -3.12. The fourth-order valence-corrected chi connectivity index (χ4v) is 1.82. The van der Waals surface area contributed by atoms with E-state index in [-0.39, 0.29) is 5.95 Å². The number of hydrogen-bond acceptors (Lipinski definition) is 5. The van der Waals surface area contributed by atoms with Gasteiger partial charge in [-0.05, 0) is 16.2 Å². The fraction of sp³-hybridized carbons (Fsp3) is 0.0833. The van der Waals surface area contributed by atoms with Crippen LogP contribution < -0.4 is 5.32 Å². The summed E-state index contributed by atoms with van der Waals surface area (Å²) in [5, 5.41) is 6.60. The molecule has 0 aliphatic rings. The van der Waals surface area contributed by atoms with Gasteiger partial charge in [-0.2, -0.15) is 0 Å². The molecule has 0 atom stereocenters. The van der Waals surface area contributed by atoms with Crippen molar-refractivity contribution < 1.29 is 0 Å². The molecule has 2 aromatic heterocycles. The molecule has 0 saturated heterocycles. The number of rotatable bonds is 4. The van der Waals surface area contributed by atoms with Crippen molar-refractivity contribution in [1.29, 1.82) is 0 Å². The fourth-order valence-electron chi connectivity index (χ4n) is 1.82. The van der Waals surface area contributed by atoms with Gasteiger partial charge in [0, 0.05) is 11.5 Å². The van der Waals surface area contributed by atoms with Gasteiger partial charge in [0.2, 0.25) is 5.95 Å². The Morgan fingerprint density at radius 3 is 2.90 bits per heavy atom. The van der Waals surface area contributed by atoms with Gasteiger partial charge in [-0.25, -0.2) is 15.0 Å². The molecule has 0 bridgehead atoms. The van der Waals surface area contributed by atoms with Crippen LogP contribution >= 0.6 is 0 Å². The van der Waals surface area contributed by atoms with Gasteiger partial charge in [-0.15, -0.1) is 0 Å². The van der Waals surface area contributed by atoms with E-state index in [0.717, 1.165) is 5.56 Å². The summed E-state index contributed by atoms with van der Waals surface area (Å²) < 4.78 is 0. The smallest absolute Gasteiger partial charge is 0.220 e. The summed E-state index contributed by atoms with van der Waals surface area (Å²) in [5.74, 6) is 0.599. The zero-order valence-electron chi connectivity index (χ0n) is 10.4. The molecule has 8 heteroatoms. The summed E-state index contributed by atoms with van der Waals surface area (Å²) in [6, 6.07) is 9.91. The van der Waals surface area contributed by atoms with E-state index in [1.807, 2.05) is 30.3 Å². The van der Waals surface area contributed by atoms with Gasteiger partial charge < -0.3 is 10.3 Å². The second-order valence-corrected chi connectivity index (χ2v) is 4.00. The lowest BCUT2D eigenvalue weighted by atomic mass is 10.2. The average Bonchev–Trinajstić information content (AvgIpc) is 2.95. The molecule has 8 nitrogen and oxygen atoms in total. The molecule has 0 radical (unpaired) electrons. The van der Waals surface area contributed by atoms with Crippen LogP contribution in [0.4, 0.5) is 11.8 Å². The highest BCUT2D eigenvalue weighted by Crippen LogP contribution is 2.20. The van der Waals surface area contributed by atoms with Crippen LogP contribution in [0.25, 0.3) is 21.6 Å². The highest BCUT2D eigenvalue weighted by molar-refractivity contribution is 5.83. The number of aromatic nitrogens is 4. The number of imidazole rings is 1. The Morgan fingerprint density at radius 2 is 2.10 bits per heavy atom. The minimum atomic E-state index is 0.0441. The van der Waals surface area contributed by atoms with Crippen molar-refractivity contribution in [2.45, 2.75) is 6.54 Å². The third kappa shape index (κ3) is 2.36. The first-order valence-electron chi connectivity index (χ1n) is 5.91. The molecule has 0 unspecified atom stereocenters. The Morgan fingerprint density at radius 1 is 1.25 bits per heavy atom. The van der Waals surface area contributed by atoms with E-state index in [0.29, 0.717) is 23.5 Å². The maximum atomic E-state index is 8.47. The summed E-state index contributed by atoms with van der Waals surface area (Å²) in [4.78, 5) is 17.9. The van der Waals surface area contributed by atoms with E-state index in [4.69, 9.17) is 5.53 Å². The van der Waals surface area contributed by atoms with Crippen LogP contribution in [0.1, 0.15) is 5.56 Å². The molecule has 3 rings (SSSR count). The Labute approximate surface area is 113 Å². The van der Waals surface area contributed by atoms with E-state index in [1.165, 1.54) is 6.33 Å². The van der Waals surface area contributed by atoms with Gasteiger partial charge in [0.15, 0.2) is 11.5 Å². The number of hydrogen-bond donors (Lipinski definition) is 2. The normalized spacial score (nSPS) is 10.2. The van der Waals surface area contributed by atoms with Gasteiger partial charge in [-0.3, -0.25) is 0 Å². The first-order valence-corrected chi connectivity index (χ1v) is 5.91. The maximum absolute atomic E-state index is 8.47. The zero-order valence-corrected chi connectivity index (χ0v) is 10.4. The molecular weight excluding hydrogens is 256 g/mol. The Kier molecular flexibility index (Phi) is 3.13. The standard InChI is InChI=1S/C12H10N8/c13-20-19-12-17-10(9-11(18-12)16-7-15-9)14-6-8-4-2-1-3-5-8/h1-5,7H,6H2,(H2,14,15,16,17,18). The predicted molar refractivity (Wildman–Crippen MR) is 74.3 cm³/mol. The average molecular weight is 266 g/mol. The van der Waals surface area contributed by atoms with E-state index in [2.05, 4.69) is 35.3 Å². The van der Waals surface area contributed by atoms with Crippen LogP contribution in [-0.2, 0) is 6.54 Å². The summed E-state index contributed by atoms with van der Waals surface area (Å²) in [6.45, 7) is 0.599. The molecule has 2 N–H and O–H groups in total. The van der Waals surface area contributed by atoms with Crippen LogP contribution in [0.5, 0.6) is 0 Å². The van der Waals surface area contributed by atoms with Crippen LogP contribution in [0.15, 0.2) is 41.8 Å². The van der Waals surface area contributed by atoms with Crippen molar-refractivity contribution in [3.8, 4) is 0 Å². The highest BCUT2D eigenvalue weighted by atomic mass is 15.2. The number of nitrogens with one attached hydrogen (secondary N) is 2. The van der Waals surface area contributed by atoms with Crippen LogP contribution in [0.3, 0.4) is 0 Å². The quantitative estimate of drug-likeness (QED) is 0.429. The number of nitrogens with zero attached hydrogens (tertiary/aromatic N) is 6. The molecule has 98 valence electrons. The van der Waals surface area contributed by atoms with Crippen molar-refractivity contribution in [2.75, 3.05) is 5.32 Å². The first-order chi connectivity index (χ1) is 9.86. The zero-order chi connectivity index (χ0) is 13.8. The Balaban J connectivity index is 1.93. The van der Waals surface area contributed by atoms with Gasteiger partial charge in [0.1, 0.15) is 5.52 Å². The van der Waals surface area contributed by atoms with E-state index in [1.54, 1.807) is 0 Å². The number of H-pyrrole nitrogens is 1. The molecule has 0 spiro atoms. The third-order valence-corrected chi connectivity index (χ3v) is 2.71. The van der Waals surface area contributed by atoms with Gasteiger partial charge in [0.05, 0.1) is 6.33 Å². The first kappa shape index (κ1) is 11.9. The molecule has 0 aliphatic carbocycles. The largest absolute Gasteiger partial charge is 0.364 e. The van der Waals surface area contributed by atoms with E-state index in [9.17, 15) is 0 Å². The van der Waals surface area contributed by atoms with Gasteiger partial charge >= 0.3 is 0 Å². The van der Waals surface area contributed by atoms with Crippen LogP contribution in [0.2, 0.25) is 0 Å². The second-order valence-electron chi connectivity index (χ2n) is 4.00. The minimum Gasteiger partial charge on any atom is -0.364 e.